The number of nitrogens with zero attached hydrogens (tertiary/aromatic N) is 2. The first kappa shape index (κ1) is 11.8. The van der Waals surface area contributed by atoms with Crippen molar-refractivity contribution in [3.63, 3.8) is 0 Å². The summed E-state index contributed by atoms with van der Waals surface area (Å²) in [7, 11) is 0. The molecule has 0 aromatic carbocycles. The average Bonchev–Trinajstić information content (AvgIpc) is 2.97. The lowest BCUT2D eigenvalue weighted by molar-refractivity contribution is 0.494. The molecule has 2 heterocycles. The van der Waals surface area contributed by atoms with Gasteiger partial charge in [0.25, 0.3) is 0 Å². The predicted molar refractivity (Wildman–Crippen MR) is 76.1 cm³/mol. The Morgan fingerprint density at radius 3 is 2.78 bits per heavy atom. The van der Waals surface area contributed by atoms with Crippen LogP contribution in [0.25, 0.3) is 0 Å². The predicted octanol–water partition coefficient (Wildman–Crippen LogP) is 3.14. The third kappa shape index (κ3) is 2.31. The van der Waals surface area contributed by atoms with E-state index in [0.29, 0.717) is 0 Å². The van der Waals surface area contributed by atoms with E-state index in [4.69, 9.17) is 0 Å². The van der Waals surface area contributed by atoms with Crippen LogP contribution in [0.1, 0.15) is 32.6 Å². The van der Waals surface area contributed by atoms with Crippen molar-refractivity contribution in [1.82, 2.24) is 4.98 Å². The van der Waals surface area contributed by atoms with Crippen molar-refractivity contribution in [2.45, 2.75) is 32.6 Å². The van der Waals surface area contributed by atoms with E-state index >= 15 is 0 Å². The summed E-state index contributed by atoms with van der Waals surface area (Å²) in [6, 6.07) is 2.25. The van der Waals surface area contributed by atoms with Gasteiger partial charge in [-0.3, -0.25) is 4.98 Å². The summed E-state index contributed by atoms with van der Waals surface area (Å²) in [6.07, 6.45) is 9.40. The van der Waals surface area contributed by atoms with Gasteiger partial charge in [-0.2, -0.15) is 0 Å². The Hall–Kier alpha value is -1.25. The fourth-order valence-corrected chi connectivity index (χ4v) is 3.41. The van der Waals surface area contributed by atoms with E-state index in [1.165, 1.54) is 38.0 Å². The number of nitrogens with one attached hydrogen (secondary N) is 1. The third-order valence-electron chi connectivity index (χ3n) is 4.39. The molecule has 3 nitrogen and oxygen atoms in total. The van der Waals surface area contributed by atoms with Crippen LogP contribution in [-0.2, 0) is 0 Å². The van der Waals surface area contributed by atoms with E-state index in [1.54, 1.807) is 0 Å². The molecule has 2 unspecified atom stereocenters. The molecule has 2 fully saturated rings. The van der Waals surface area contributed by atoms with Crippen LogP contribution in [0.4, 0.5) is 11.4 Å². The van der Waals surface area contributed by atoms with Gasteiger partial charge >= 0.3 is 0 Å². The first-order chi connectivity index (χ1) is 8.86. The van der Waals surface area contributed by atoms with Crippen molar-refractivity contribution in [3.8, 4) is 0 Å². The maximum Gasteiger partial charge on any atom is 0.0573 e. The summed E-state index contributed by atoms with van der Waals surface area (Å²) in [5.41, 5.74) is 2.46. The first-order valence-electron chi connectivity index (χ1n) is 7.30. The highest BCUT2D eigenvalue weighted by Gasteiger charge is 2.36. The van der Waals surface area contributed by atoms with E-state index < -0.39 is 0 Å². The molecular weight excluding hydrogens is 222 g/mol. The van der Waals surface area contributed by atoms with Crippen LogP contribution in [0, 0.1) is 11.8 Å². The quantitative estimate of drug-likeness (QED) is 0.883. The topological polar surface area (TPSA) is 28.2 Å². The van der Waals surface area contributed by atoms with E-state index in [0.717, 1.165) is 30.5 Å². The highest BCUT2D eigenvalue weighted by atomic mass is 15.2. The maximum absolute atomic E-state index is 4.37. The molecular formula is C15H23N3. The molecule has 2 atom stereocenters. The zero-order valence-corrected chi connectivity index (χ0v) is 11.2. The second-order valence-corrected chi connectivity index (χ2v) is 5.71. The summed E-state index contributed by atoms with van der Waals surface area (Å²) < 4.78 is 0. The van der Waals surface area contributed by atoms with E-state index in [9.17, 15) is 0 Å². The Bertz CT molecular complexity index is 392. The Kier molecular flexibility index (Phi) is 3.39. The summed E-state index contributed by atoms with van der Waals surface area (Å²) in [6.45, 7) is 5.69. The highest BCUT2D eigenvalue weighted by molar-refractivity contribution is 5.56. The molecule has 0 radical (unpaired) electrons. The van der Waals surface area contributed by atoms with Crippen molar-refractivity contribution in [2.24, 2.45) is 11.8 Å². The summed E-state index contributed by atoms with van der Waals surface area (Å²) in [4.78, 5) is 6.90. The van der Waals surface area contributed by atoms with Crippen molar-refractivity contribution in [1.29, 1.82) is 0 Å². The number of hydrogen-bond donors (Lipinski definition) is 1. The van der Waals surface area contributed by atoms with Crippen LogP contribution in [-0.4, -0.2) is 24.6 Å². The van der Waals surface area contributed by atoms with Gasteiger partial charge in [-0.05, 0) is 37.2 Å². The van der Waals surface area contributed by atoms with Crippen LogP contribution in [0.15, 0.2) is 18.5 Å². The molecule has 18 heavy (non-hydrogen) atoms. The van der Waals surface area contributed by atoms with Crippen LogP contribution in [0.5, 0.6) is 0 Å². The minimum atomic E-state index is 0.942. The summed E-state index contributed by atoms with van der Waals surface area (Å²) in [5.74, 6) is 1.88. The lowest BCUT2D eigenvalue weighted by Crippen LogP contribution is -2.21. The fourth-order valence-electron chi connectivity index (χ4n) is 3.41. The number of rotatable bonds is 4. The SMILES string of the molecule is CCCNc1cncc(N2CC3CCCC3C2)c1. The van der Waals surface area contributed by atoms with Crippen molar-refractivity contribution in [3.05, 3.63) is 18.5 Å². The van der Waals surface area contributed by atoms with E-state index in [2.05, 4.69) is 28.2 Å². The van der Waals surface area contributed by atoms with Gasteiger partial charge in [-0.15, -0.1) is 0 Å². The van der Waals surface area contributed by atoms with Gasteiger partial charge in [0.1, 0.15) is 0 Å². The van der Waals surface area contributed by atoms with Crippen LogP contribution in [0.2, 0.25) is 0 Å². The summed E-state index contributed by atoms with van der Waals surface area (Å²) >= 11 is 0. The number of fused-ring (bicyclic) bond motifs is 1. The van der Waals surface area contributed by atoms with Crippen LogP contribution in [0.3, 0.4) is 0 Å². The summed E-state index contributed by atoms with van der Waals surface area (Å²) in [5, 5.41) is 3.42. The largest absolute Gasteiger partial charge is 0.384 e. The molecule has 1 saturated carbocycles. The molecule has 3 heteroatoms. The zero-order valence-electron chi connectivity index (χ0n) is 11.2. The van der Waals surface area contributed by atoms with Crippen molar-refractivity contribution < 1.29 is 0 Å². The number of aromatic nitrogens is 1. The number of hydrogen-bond acceptors (Lipinski definition) is 3. The van der Waals surface area contributed by atoms with Gasteiger partial charge in [0.15, 0.2) is 0 Å². The molecule has 98 valence electrons. The molecule has 1 aliphatic heterocycles. The molecule has 1 N–H and O–H groups in total. The zero-order chi connectivity index (χ0) is 12.4. The fraction of sp³-hybridized carbons (Fsp3) is 0.667. The van der Waals surface area contributed by atoms with Crippen molar-refractivity contribution in [2.75, 3.05) is 29.9 Å². The van der Waals surface area contributed by atoms with E-state index in [1.807, 2.05) is 12.4 Å². The first-order valence-corrected chi connectivity index (χ1v) is 7.30. The number of pyridine rings is 1. The van der Waals surface area contributed by atoms with Gasteiger partial charge < -0.3 is 10.2 Å². The van der Waals surface area contributed by atoms with Gasteiger partial charge in [0, 0.05) is 19.6 Å². The minimum absolute atomic E-state index is 0.942. The molecule has 1 aromatic rings. The van der Waals surface area contributed by atoms with Crippen molar-refractivity contribution >= 4 is 11.4 Å². The molecule has 2 aliphatic rings. The van der Waals surface area contributed by atoms with Gasteiger partial charge in [-0.1, -0.05) is 13.3 Å². The Morgan fingerprint density at radius 2 is 2.06 bits per heavy atom. The molecule has 0 amide bonds. The number of anilines is 2. The molecule has 0 spiro atoms. The molecule has 0 bridgehead atoms. The lowest BCUT2D eigenvalue weighted by atomic mass is 10.0. The Morgan fingerprint density at radius 1 is 1.28 bits per heavy atom. The van der Waals surface area contributed by atoms with Gasteiger partial charge in [-0.25, -0.2) is 0 Å². The Labute approximate surface area is 110 Å². The minimum Gasteiger partial charge on any atom is -0.384 e. The normalized spacial score (nSPS) is 26.4. The van der Waals surface area contributed by atoms with Gasteiger partial charge in [0.05, 0.1) is 23.8 Å². The highest BCUT2D eigenvalue weighted by Crippen LogP contribution is 2.39. The Balaban J connectivity index is 1.69. The molecule has 1 aromatic heterocycles. The maximum atomic E-state index is 4.37. The van der Waals surface area contributed by atoms with Crippen LogP contribution < -0.4 is 10.2 Å². The monoisotopic (exact) mass is 245 g/mol. The molecule has 3 rings (SSSR count). The van der Waals surface area contributed by atoms with Gasteiger partial charge in [0.2, 0.25) is 0 Å². The van der Waals surface area contributed by atoms with Crippen LogP contribution >= 0.6 is 0 Å². The van der Waals surface area contributed by atoms with E-state index in [-0.39, 0.29) is 0 Å². The smallest absolute Gasteiger partial charge is 0.0573 e. The molecule has 1 saturated heterocycles. The molecule has 1 aliphatic carbocycles. The standard InChI is InChI=1S/C15H23N3/c1-2-6-17-14-7-15(9-16-8-14)18-10-12-4-3-5-13(12)11-18/h7-9,12-13,17H,2-6,10-11H2,1H3. The lowest BCUT2D eigenvalue weighted by Gasteiger charge is -2.20. The third-order valence-corrected chi connectivity index (χ3v) is 4.39. The second kappa shape index (κ2) is 5.17. The second-order valence-electron chi connectivity index (χ2n) is 5.71. The average molecular weight is 245 g/mol.